The second-order valence-corrected chi connectivity index (χ2v) is 6.51. The first-order valence-electron chi connectivity index (χ1n) is 8.92. The van der Waals surface area contributed by atoms with Gasteiger partial charge in [-0.1, -0.05) is 0 Å². The molecule has 8 nitrogen and oxygen atoms in total. The summed E-state index contributed by atoms with van der Waals surface area (Å²) < 4.78 is 21.2. The maximum Gasteiger partial charge on any atom is 0.225 e. The summed E-state index contributed by atoms with van der Waals surface area (Å²) in [7, 11) is 4.61. The van der Waals surface area contributed by atoms with Crippen LogP contribution in [0.1, 0.15) is 17.7 Å². The van der Waals surface area contributed by atoms with E-state index in [-0.39, 0.29) is 24.2 Å². The molecule has 2 heterocycles. The van der Waals surface area contributed by atoms with Gasteiger partial charge in [-0.05, 0) is 29.8 Å². The summed E-state index contributed by atoms with van der Waals surface area (Å²) in [5, 5.41) is 2.89. The van der Waals surface area contributed by atoms with Crippen LogP contribution in [0.3, 0.4) is 0 Å². The Kier molecular flexibility index (Phi) is 6.08. The van der Waals surface area contributed by atoms with Gasteiger partial charge in [0.2, 0.25) is 17.6 Å². The van der Waals surface area contributed by atoms with Crippen molar-refractivity contribution >= 4 is 11.8 Å². The van der Waals surface area contributed by atoms with Crippen LogP contribution in [0, 0.1) is 5.92 Å². The number of carbonyl (C=O) groups is 2. The van der Waals surface area contributed by atoms with Gasteiger partial charge in [0.1, 0.15) is 5.76 Å². The van der Waals surface area contributed by atoms with E-state index in [9.17, 15) is 9.59 Å². The molecule has 0 unspecified atom stereocenters. The molecule has 1 aromatic heterocycles. The van der Waals surface area contributed by atoms with Crippen LogP contribution in [-0.2, 0) is 22.7 Å². The fourth-order valence-corrected chi connectivity index (χ4v) is 3.26. The summed E-state index contributed by atoms with van der Waals surface area (Å²) in [6.07, 6.45) is 1.76. The SMILES string of the molecule is COc1cc(CNC(=O)[C@H]2CC(=O)N(Cc3ccco3)C2)cc(OC)c1OC. The highest BCUT2D eigenvalue weighted by Gasteiger charge is 2.34. The average Bonchev–Trinajstić information content (AvgIpc) is 3.35. The zero-order valence-corrected chi connectivity index (χ0v) is 16.2. The number of hydrogen-bond donors (Lipinski definition) is 1. The molecule has 2 aromatic rings. The lowest BCUT2D eigenvalue weighted by Crippen LogP contribution is -2.32. The molecule has 8 heteroatoms. The van der Waals surface area contributed by atoms with E-state index in [4.69, 9.17) is 18.6 Å². The third-order valence-electron chi connectivity index (χ3n) is 4.70. The smallest absolute Gasteiger partial charge is 0.225 e. The minimum absolute atomic E-state index is 0.0515. The second kappa shape index (κ2) is 8.69. The molecule has 28 heavy (non-hydrogen) atoms. The quantitative estimate of drug-likeness (QED) is 0.744. The Labute approximate surface area is 163 Å². The molecule has 2 amide bonds. The van der Waals surface area contributed by atoms with Crippen molar-refractivity contribution in [3.63, 3.8) is 0 Å². The third-order valence-corrected chi connectivity index (χ3v) is 4.70. The number of nitrogens with zero attached hydrogens (tertiary/aromatic N) is 1. The molecule has 1 fully saturated rings. The number of ether oxygens (including phenoxy) is 3. The van der Waals surface area contributed by atoms with E-state index in [1.54, 1.807) is 29.4 Å². The van der Waals surface area contributed by atoms with Gasteiger partial charge in [-0.15, -0.1) is 0 Å². The fraction of sp³-hybridized carbons (Fsp3) is 0.400. The van der Waals surface area contributed by atoms with Crippen LogP contribution in [0.4, 0.5) is 0 Å². The van der Waals surface area contributed by atoms with Crippen LogP contribution in [0.15, 0.2) is 34.9 Å². The van der Waals surface area contributed by atoms with E-state index < -0.39 is 0 Å². The van der Waals surface area contributed by atoms with Gasteiger partial charge in [0.05, 0.1) is 40.1 Å². The van der Waals surface area contributed by atoms with E-state index in [1.807, 2.05) is 6.07 Å². The van der Waals surface area contributed by atoms with Gasteiger partial charge < -0.3 is 28.8 Å². The Balaban J connectivity index is 1.60. The number of nitrogens with one attached hydrogen (secondary N) is 1. The number of furan rings is 1. The fourth-order valence-electron chi connectivity index (χ4n) is 3.26. The van der Waals surface area contributed by atoms with Gasteiger partial charge in [0.15, 0.2) is 11.5 Å². The predicted molar refractivity (Wildman–Crippen MR) is 100 cm³/mol. The molecule has 1 aliphatic heterocycles. The van der Waals surface area contributed by atoms with Crippen LogP contribution in [0.2, 0.25) is 0 Å². The Bertz CT molecular complexity index is 808. The first-order valence-corrected chi connectivity index (χ1v) is 8.92. The van der Waals surface area contributed by atoms with Gasteiger partial charge in [-0.2, -0.15) is 0 Å². The summed E-state index contributed by atoms with van der Waals surface area (Å²) in [5.74, 6) is 1.64. The summed E-state index contributed by atoms with van der Waals surface area (Å²) in [6, 6.07) is 7.15. The predicted octanol–water partition coefficient (Wildman–Crippen LogP) is 1.97. The summed E-state index contributed by atoms with van der Waals surface area (Å²) in [6.45, 7) is 1.04. The molecule has 1 aliphatic rings. The standard InChI is InChI=1S/C20H24N2O6/c1-25-16-7-13(8-17(26-2)19(16)27-3)10-21-20(24)14-9-18(23)22(11-14)12-15-5-4-6-28-15/h4-8,14H,9-12H2,1-3H3,(H,21,24)/t14-/m0/s1. The summed E-state index contributed by atoms with van der Waals surface area (Å²) >= 11 is 0. The van der Waals surface area contributed by atoms with Crippen molar-refractivity contribution in [1.29, 1.82) is 0 Å². The number of amides is 2. The first-order chi connectivity index (χ1) is 13.5. The highest BCUT2D eigenvalue weighted by molar-refractivity contribution is 5.89. The number of likely N-dealkylation sites (tertiary alicyclic amines) is 1. The van der Waals surface area contributed by atoms with Gasteiger partial charge in [-0.3, -0.25) is 9.59 Å². The molecule has 0 spiro atoms. The molecule has 1 N–H and O–H groups in total. The van der Waals surface area contributed by atoms with Crippen molar-refractivity contribution in [3.8, 4) is 17.2 Å². The molecule has 1 atom stereocenters. The Morgan fingerprint density at radius 1 is 1.21 bits per heavy atom. The van der Waals surface area contributed by atoms with Crippen LogP contribution in [0.5, 0.6) is 17.2 Å². The van der Waals surface area contributed by atoms with Gasteiger partial charge >= 0.3 is 0 Å². The van der Waals surface area contributed by atoms with Crippen molar-refractivity contribution < 1.29 is 28.2 Å². The highest BCUT2D eigenvalue weighted by Crippen LogP contribution is 2.38. The van der Waals surface area contributed by atoms with Crippen LogP contribution in [-0.4, -0.2) is 44.6 Å². The van der Waals surface area contributed by atoms with Crippen LogP contribution < -0.4 is 19.5 Å². The number of hydrogen-bond acceptors (Lipinski definition) is 6. The lowest BCUT2D eigenvalue weighted by molar-refractivity contribution is -0.129. The maximum atomic E-state index is 12.5. The topological polar surface area (TPSA) is 90.2 Å². The monoisotopic (exact) mass is 388 g/mol. The largest absolute Gasteiger partial charge is 0.493 e. The van der Waals surface area contributed by atoms with E-state index >= 15 is 0 Å². The zero-order chi connectivity index (χ0) is 20.1. The number of methoxy groups -OCH3 is 3. The third kappa shape index (κ3) is 4.21. The highest BCUT2D eigenvalue weighted by atomic mass is 16.5. The zero-order valence-electron chi connectivity index (χ0n) is 16.2. The lowest BCUT2D eigenvalue weighted by Gasteiger charge is -2.16. The van der Waals surface area contributed by atoms with Gasteiger partial charge in [-0.25, -0.2) is 0 Å². The van der Waals surface area contributed by atoms with E-state index in [0.717, 1.165) is 5.56 Å². The minimum atomic E-state index is -0.385. The van der Waals surface area contributed by atoms with Crippen molar-refractivity contribution in [2.45, 2.75) is 19.5 Å². The second-order valence-electron chi connectivity index (χ2n) is 6.51. The molecule has 0 aliphatic carbocycles. The van der Waals surface area contributed by atoms with E-state index in [1.165, 1.54) is 21.3 Å². The molecular formula is C20H24N2O6. The number of benzene rings is 1. The first kappa shape index (κ1) is 19.6. The molecule has 1 saturated heterocycles. The van der Waals surface area contributed by atoms with E-state index in [2.05, 4.69) is 5.32 Å². The average molecular weight is 388 g/mol. The lowest BCUT2D eigenvalue weighted by atomic mass is 10.1. The molecule has 0 bridgehead atoms. The summed E-state index contributed by atoms with van der Waals surface area (Å²) in [5.41, 5.74) is 0.805. The molecule has 1 aromatic carbocycles. The van der Waals surface area contributed by atoms with Crippen molar-refractivity contribution in [2.24, 2.45) is 5.92 Å². The van der Waals surface area contributed by atoms with Crippen LogP contribution >= 0.6 is 0 Å². The van der Waals surface area contributed by atoms with Crippen molar-refractivity contribution in [1.82, 2.24) is 10.2 Å². The van der Waals surface area contributed by atoms with Crippen molar-refractivity contribution in [2.75, 3.05) is 27.9 Å². The molecule has 0 radical (unpaired) electrons. The van der Waals surface area contributed by atoms with E-state index in [0.29, 0.717) is 42.6 Å². The maximum absolute atomic E-state index is 12.5. The molecule has 0 saturated carbocycles. The van der Waals surface area contributed by atoms with Gasteiger partial charge in [0, 0.05) is 19.5 Å². The Morgan fingerprint density at radius 3 is 2.50 bits per heavy atom. The van der Waals surface area contributed by atoms with Crippen LogP contribution in [0.25, 0.3) is 0 Å². The Hall–Kier alpha value is -3.16. The molecule has 150 valence electrons. The Morgan fingerprint density at radius 2 is 1.93 bits per heavy atom. The van der Waals surface area contributed by atoms with Crippen molar-refractivity contribution in [3.05, 3.63) is 41.9 Å². The normalized spacial score (nSPS) is 16.2. The molecule has 3 rings (SSSR count). The minimum Gasteiger partial charge on any atom is -0.493 e. The number of rotatable bonds is 8. The van der Waals surface area contributed by atoms with Gasteiger partial charge in [0.25, 0.3) is 0 Å². The summed E-state index contributed by atoms with van der Waals surface area (Å²) in [4.78, 5) is 26.4. The number of carbonyl (C=O) groups excluding carboxylic acids is 2. The molecular weight excluding hydrogens is 364 g/mol.